The van der Waals surface area contributed by atoms with E-state index in [0.29, 0.717) is 16.3 Å². The summed E-state index contributed by atoms with van der Waals surface area (Å²) in [4.78, 5) is 40.6. The van der Waals surface area contributed by atoms with Crippen molar-refractivity contribution in [2.45, 2.75) is 19.4 Å². The molecular weight excluding hydrogens is 422 g/mol. The second-order valence-corrected chi connectivity index (χ2v) is 6.89. The van der Waals surface area contributed by atoms with Gasteiger partial charge < -0.3 is 26.8 Å². The zero-order valence-electron chi connectivity index (χ0n) is 16.9. The van der Waals surface area contributed by atoms with Crippen LogP contribution >= 0.6 is 11.6 Å². The number of nitrogens with one attached hydrogen (secondary N) is 2. The molecule has 2 rings (SSSR count). The van der Waals surface area contributed by atoms with Crippen LogP contribution in [0, 0.1) is 0 Å². The second kappa shape index (κ2) is 11.6. The number of carbonyl (C=O) groups is 3. The Morgan fingerprint density at radius 1 is 1.13 bits per heavy atom. The van der Waals surface area contributed by atoms with E-state index in [2.05, 4.69) is 15.6 Å². The molecule has 1 unspecified atom stereocenters. The van der Waals surface area contributed by atoms with Crippen molar-refractivity contribution < 1.29 is 19.1 Å². The molecule has 0 fully saturated rings. The van der Waals surface area contributed by atoms with Gasteiger partial charge in [0.25, 0.3) is 5.91 Å². The average Bonchev–Trinajstić information content (AvgIpc) is 2.71. The van der Waals surface area contributed by atoms with Crippen molar-refractivity contribution in [2.24, 2.45) is 16.5 Å². The lowest BCUT2D eigenvalue weighted by molar-refractivity contribution is -0.143. The second-order valence-electron chi connectivity index (χ2n) is 6.45. The maximum atomic E-state index is 12.4. The monoisotopic (exact) mass is 445 g/mol. The van der Waals surface area contributed by atoms with Gasteiger partial charge >= 0.3 is 5.97 Å². The van der Waals surface area contributed by atoms with Crippen LogP contribution in [0.15, 0.2) is 53.5 Å². The molecule has 0 aromatic heterocycles. The van der Waals surface area contributed by atoms with Gasteiger partial charge in [0.05, 0.1) is 31.3 Å². The molecule has 2 amide bonds. The van der Waals surface area contributed by atoms with Crippen LogP contribution in [-0.2, 0) is 14.3 Å². The van der Waals surface area contributed by atoms with Crippen molar-refractivity contribution in [3.05, 3.63) is 64.7 Å². The van der Waals surface area contributed by atoms with Crippen molar-refractivity contribution in [1.82, 2.24) is 10.6 Å². The van der Waals surface area contributed by atoms with Gasteiger partial charge in [-0.3, -0.25) is 14.4 Å². The first kappa shape index (κ1) is 23.7. The number of nitrogens with two attached hydrogens (primary N) is 2. The van der Waals surface area contributed by atoms with Crippen LogP contribution in [0.4, 0.5) is 5.69 Å². The van der Waals surface area contributed by atoms with Gasteiger partial charge in [0.2, 0.25) is 5.91 Å². The van der Waals surface area contributed by atoms with Crippen molar-refractivity contribution in [1.29, 1.82) is 0 Å². The van der Waals surface area contributed by atoms with E-state index < -0.39 is 23.8 Å². The number of ether oxygens (including phenoxy) is 1. The Hall–Kier alpha value is -3.59. The van der Waals surface area contributed by atoms with Gasteiger partial charge in [-0.2, -0.15) is 0 Å². The van der Waals surface area contributed by atoms with Gasteiger partial charge in [-0.1, -0.05) is 29.8 Å². The van der Waals surface area contributed by atoms with E-state index >= 15 is 0 Å². The van der Waals surface area contributed by atoms with Gasteiger partial charge in [0.15, 0.2) is 5.96 Å². The Labute approximate surface area is 184 Å². The molecule has 0 heterocycles. The Bertz CT molecular complexity index is 976. The number of benzene rings is 2. The number of nitrogens with zero attached hydrogens (tertiary/aromatic N) is 1. The fourth-order valence-corrected chi connectivity index (χ4v) is 2.93. The van der Waals surface area contributed by atoms with Crippen LogP contribution in [0.2, 0.25) is 5.02 Å². The van der Waals surface area contributed by atoms with Crippen molar-refractivity contribution in [2.75, 3.05) is 13.2 Å². The highest BCUT2D eigenvalue weighted by atomic mass is 35.5. The molecule has 0 saturated carbocycles. The van der Waals surface area contributed by atoms with Gasteiger partial charge in [-0.05, 0) is 42.8 Å². The number of rotatable bonds is 9. The number of halogens is 1. The van der Waals surface area contributed by atoms with E-state index in [1.165, 1.54) is 6.07 Å². The minimum Gasteiger partial charge on any atom is -0.466 e. The lowest BCUT2D eigenvalue weighted by Crippen LogP contribution is -2.39. The lowest BCUT2D eigenvalue weighted by atomic mass is 10.0. The molecule has 2 aromatic carbocycles. The highest BCUT2D eigenvalue weighted by molar-refractivity contribution is 6.30. The molecule has 0 aliphatic rings. The predicted molar refractivity (Wildman–Crippen MR) is 118 cm³/mol. The third-order valence-electron chi connectivity index (χ3n) is 4.04. The molecule has 9 nitrogen and oxygen atoms in total. The van der Waals surface area contributed by atoms with E-state index in [1.807, 2.05) is 0 Å². The number of esters is 1. The molecular formula is C21H24ClN5O4. The quantitative estimate of drug-likeness (QED) is 0.262. The lowest BCUT2D eigenvalue weighted by Gasteiger charge is -2.19. The standard InChI is InChI=1S/C21H24ClN5O4/c1-2-31-19(29)11-17(13-5-3-7-15(22)9-13)27-18(28)12-25-20(30)14-6-4-8-16(10-14)26-21(23)24/h3-10,17H,2,11-12H2,1H3,(H,25,30)(H,27,28)(H4,23,24,26). The number of amides is 2. The topological polar surface area (TPSA) is 149 Å². The smallest absolute Gasteiger partial charge is 0.308 e. The molecule has 0 aliphatic heterocycles. The number of carbonyl (C=O) groups excluding carboxylic acids is 3. The van der Waals surface area contributed by atoms with Crippen LogP contribution < -0.4 is 22.1 Å². The first-order valence-electron chi connectivity index (χ1n) is 9.46. The molecule has 164 valence electrons. The molecule has 0 saturated heterocycles. The third-order valence-corrected chi connectivity index (χ3v) is 4.27. The molecule has 0 bridgehead atoms. The van der Waals surface area contributed by atoms with E-state index in [1.54, 1.807) is 49.4 Å². The Morgan fingerprint density at radius 2 is 1.87 bits per heavy atom. The summed E-state index contributed by atoms with van der Waals surface area (Å²) in [5, 5.41) is 5.72. The summed E-state index contributed by atoms with van der Waals surface area (Å²) >= 11 is 6.03. The SMILES string of the molecule is CCOC(=O)CC(NC(=O)CNC(=O)c1cccc(N=C(N)N)c1)c1cccc(Cl)c1. The van der Waals surface area contributed by atoms with Crippen LogP contribution in [0.3, 0.4) is 0 Å². The van der Waals surface area contributed by atoms with E-state index in [0.717, 1.165) is 0 Å². The number of hydrogen-bond acceptors (Lipinski definition) is 5. The molecule has 6 N–H and O–H groups in total. The molecule has 0 aliphatic carbocycles. The van der Waals surface area contributed by atoms with Crippen molar-refractivity contribution in [3.63, 3.8) is 0 Å². The number of guanidine groups is 1. The molecule has 10 heteroatoms. The van der Waals surface area contributed by atoms with Crippen molar-refractivity contribution in [3.8, 4) is 0 Å². The molecule has 0 radical (unpaired) electrons. The summed E-state index contributed by atoms with van der Waals surface area (Å²) in [5.41, 5.74) is 12.0. The number of hydrogen-bond donors (Lipinski definition) is 4. The van der Waals surface area contributed by atoms with Crippen LogP contribution in [0.1, 0.15) is 35.3 Å². The summed E-state index contributed by atoms with van der Waals surface area (Å²) in [6, 6.07) is 12.4. The van der Waals surface area contributed by atoms with Gasteiger partial charge in [-0.25, -0.2) is 4.99 Å². The fraction of sp³-hybridized carbons (Fsp3) is 0.238. The highest BCUT2D eigenvalue weighted by Gasteiger charge is 2.20. The fourth-order valence-electron chi connectivity index (χ4n) is 2.74. The Balaban J connectivity index is 2.02. The molecule has 2 aromatic rings. The summed E-state index contributed by atoms with van der Waals surface area (Å²) in [5.74, 6) is -1.56. The summed E-state index contributed by atoms with van der Waals surface area (Å²) < 4.78 is 4.98. The van der Waals surface area contributed by atoms with Gasteiger partial charge in [-0.15, -0.1) is 0 Å². The molecule has 31 heavy (non-hydrogen) atoms. The first-order valence-corrected chi connectivity index (χ1v) is 9.84. The summed E-state index contributed by atoms with van der Waals surface area (Å²) in [7, 11) is 0. The molecule has 1 atom stereocenters. The maximum Gasteiger partial charge on any atom is 0.308 e. The van der Waals surface area contributed by atoms with Gasteiger partial charge in [0, 0.05) is 10.6 Å². The predicted octanol–water partition coefficient (Wildman–Crippen LogP) is 1.79. The van der Waals surface area contributed by atoms with Gasteiger partial charge in [0.1, 0.15) is 0 Å². The molecule has 0 spiro atoms. The first-order chi connectivity index (χ1) is 14.8. The van der Waals surface area contributed by atoms with Crippen LogP contribution in [0.25, 0.3) is 0 Å². The third kappa shape index (κ3) is 7.98. The van der Waals surface area contributed by atoms with E-state index in [-0.39, 0.29) is 31.1 Å². The average molecular weight is 446 g/mol. The Morgan fingerprint density at radius 3 is 2.55 bits per heavy atom. The van der Waals surface area contributed by atoms with Crippen molar-refractivity contribution >= 4 is 41.0 Å². The number of aliphatic imine (C=N–C) groups is 1. The van der Waals surface area contributed by atoms with Crippen LogP contribution in [0.5, 0.6) is 0 Å². The summed E-state index contributed by atoms with van der Waals surface area (Å²) in [6.07, 6.45) is -0.0750. The zero-order chi connectivity index (χ0) is 22.8. The highest BCUT2D eigenvalue weighted by Crippen LogP contribution is 2.21. The summed E-state index contributed by atoms with van der Waals surface area (Å²) in [6.45, 7) is 1.62. The van der Waals surface area contributed by atoms with E-state index in [4.69, 9.17) is 27.8 Å². The minimum absolute atomic E-state index is 0.0750. The Kier molecular flexibility index (Phi) is 8.83. The maximum absolute atomic E-state index is 12.4. The zero-order valence-corrected chi connectivity index (χ0v) is 17.7. The normalized spacial score (nSPS) is 11.2. The van der Waals surface area contributed by atoms with E-state index in [9.17, 15) is 14.4 Å². The van der Waals surface area contributed by atoms with Crippen LogP contribution in [-0.4, -0.2) is 36.9 Å². The largest absolute Gasteiger partial charge is 0.466 e. The minimum atomic E-state index is -0.660.